The van der Waals surface area contributed by atoms with Crippen molar-refractivity contribution in [1.29, 1.82) is 0 Å². The predicted octanol–water partition coefficient (Wildman–Crippen LogP) is 2.53. The Morgan fingerprint density at radius 2 is 1.68 bits per heavy atom. The van der Waals surface area contributed by atoms with Crippen LogP contribution in [0, 0.1) is 0 Å². The minimum absolute atomic E-state index is 0.180. The summed E-state index contributed by atoms with van der Waals surface area (Å²) in [4.78, 5) is 25.1. The zero-order valence-corrected chi connectivity index (χ0v) is 14.4. The number of carboxylic acid groups (broad SMARTS) is 1. The molecule has 0 unspecified atom stereocenters. The molecule has 0 saturated heterocycles. The monoisotopic (exact) mass is 341 g/mol. The molecule has 5 nitrogen and oxygen atoms in total. The van der Waals surface area contributed by atoms with Crippen molar-refractivity contribution in [3.63, 3.8) is 0 Å². The van der Waals surface area contributed by atoms with Crippen molar-refractivity contribution in [3.8, 4) is 0 Å². The minimum Gasteiger partial charge on any atom is -0.480 e. The third-order valence-corrected chi connectivity index (χ3v) is 3.85. The van der Waals surface area contributed by atoms with Gasteiger partial charge in [-0.15, -0.1) is 0 Å². The summed E-state index contributed by atoms with van der Waals surface area (Å²) >= 11 is 0. The molecule has 0 atom stereocenters. The number of amides is 1. The van der Waals surface area contributed by atoms with E-state index in [1.54, 1.807) is 7.11 Å². The number of carbonyl (C=O) groups is 2. The average molecular weight is 341 g/mol. The Morgan fingerprint density at radius 1 is 1.00 bits per heavy atom. The van der Waals surface area contributed by atoms with Gasteiger partial charge in [0.1, 0.15) is 6.54 Å². The third-order valence-electron chi connectivity index (χ3n) is 3.85. The highest BCUT2D eigenvalue weighted by atomic mass is 16.5. The predicted molar refractivity (Wildman–Crippen MR) is 95.2 cm³/mol. The van der Waals surface area contributed by atoms with Crippen LogP contribution in [0.15, 0.2) is 54.6 Å². The van der Waals surface area contributed by atoms with Gasteiger partial charge >= 0.3 is 5.97 Å². The smallest absolute Gasteiger partial charge is 0.323 e. The van der Waals surface area contributed by atoms with Crippen LogP contribution in [0.1, 0.15) is 16.7 Å². The Kier molecular flexibility index (Phi) is 7.16. The van der Waals surface area contributed by atoms with Gasteiger partial charge < -0.3 is 14.7 Å². The quantitative estimate of drug-likeness (QED) is 0.761. The largest absolute Gasteiger partial charge is 0.480 e. The maximum absolute atomic E-state index is 12.6. The molecule has 0 spiro atoms. The van der Waals surface area contributed by atoms with Crippen LogP contribution in [0.4, 0.5) is 0 Å². The summed E-state index contributed by atoms with van der Waals surface area (Å²) in [5, 5.41) is 9.10. The van der Waals surface area contributed by atoms with Crippen LogP contribution in [0.3, 0.4) is 0 Å². The molecule has 1 amide bonds. The summed E-state index contributed by atoms with van der Waals surface area (Å²) < 4.78 is 5.10. The number of carboxylic acids is 1. The maximum Gasteiger partial charge on any atom is 0.323 e. The van der Waals surface area contributed by atoms with E-state index in [1.165, 1.54) is 4.90 Å². The summed E-state index contributed by atoms with van der Waals surface area (Å²) in [5.74, 6) is -1.19. The van der Waals surface area contributed by atoms with Gasteiger partial charge in [-0.3, -0.25) is 9.59 Å². The van der Waals surface area contributed by atoms with Gasteiger partial charge in [0.25, 0.3) is 0 Å². The number of rotatable bonds is 9. The molecule has 132 valence electrons. The molecule has 2 aromatic rings. The van der Waals surface area contributed by atoms with E-state index in [-0.39, 0.29) is 18.9 Å². The van der Waals surface area contributed by atoms with E-state index < -0.39 is 5.97 Å². The third kappa shape index (κ3) is 6.39. The van der Waals surface area contributed by atoms with E-state index in [2.05, 4.69) is 0 Å². The van der Waals surface area contributed by atoms with Crippen LogP contribution in [0.25, 0.3) is 0 Å². The average Bonchev–Trinajstić information content (AvgIpc) is 2.60. The summed E-state index contributed by atoms with van der Waals surface area (Å²) in [5.41, 5.74) is 2.92. The molecule has 0 aromatic heterocycles. The molecule has 2 rings (SSSR count). The van der Waals surface area contributed by atoms with Crippen molar-refractivity contribution in [2.24, 2.45) is 0 Å². The summed E-state index contributed by atoms with van der Waals surface area (Å²) in [6.45, 7) is 0.575. The number of ether oxygens (including phenoxy) is 1. The summed E-state index contributed by atoms with van der Waals surface area (Å²) in [6, 6.07) is 17.3. The second-order valence-electron chi connectivity index (χ2n) is 5.87. The number of hydrogen-bond acceptors (Lipinski definition) is 3. The van der Waals surface area contributed by atoms with E-state index in [0.717, 1.165) is 16.7 Å². The van der Waals surface area contributed by atoms with Crippen molar-refractivity contribution in [2.45, 2.75) is 19.4 Å². The van der Waals surface area contributed by atoms with Gasteiger partial charge in [0, 0.05) is 13.7 Å². The van der Waals surface area contributed by atoms with Crippen LogP contribution >= 0.6 is 0 Å². The topological polar surface area (TPSA) is 66.8 Å². The molecule has 0 fully saturated rings. The van der Waals surface area contributed by atoms with Crippen molar-refractivity contribution < 1.29 is 19.4 Å². The lowest BCUT2D eigenvalue weighted by Gasteiger charge is -2.21. The standard InChI is InChI=1S/C20H23NO4/c1-25-15-18-9-5-8-17(12-18)13-19(22)21(14-20(23)24)11-10-16-6-3-2-4-7-16/h2-9,12H,10-11,13-15H2,1H3,(H,23,24). The molecule has 0 aliphatic carbocycles. The van der Waals surface area contributed by atoms with Crippen molar-refractivity contribution in [1.82, 2.24) is 4.90 Å². The highest BCUT2D eigenvalue weighted by Gasteiger charge is 2.17. The lowest BCUT2D eigenvalue weighted by atomic mass is 10.1. The van der Waals surface area contributed by atoms with Gasteiger partial charge in [0.05, 0.1) is 13.0 Å². The molecule has 0 radical (unpaired) electrons. The van der Waals surface area contributed by atoms with Gasteiger partial charge in [-0.05, 0) is 23.1 Å². The lowest BCUT2D eigenvalue weighted by molar-refractivity contribution is -0.144. The van der Waals surface area contributed by atoms with E-state index in [9.17, 15) is 9.59 Å². The molecule has 25 heavy (non-hydrogen) atoms. The highest BCUT2D eigenvalue weighted by Crippen LogP contribution is 2.10. The molecule has 1 N–H and O–H groups in total. The number of carbonyl (C=O) groups excluding carboxylic acids is 1. The Balaban J connectivity index is 2.02. The van der Waals surface area contributed by atoms with Crippen molar-refractivity contribution in [2.75, 3.05) is 20.2 Å². The van der Waals surface area contributed by atoms with Crippen molar-refractivity contribution in [3.05, 3.63) is 71.3 Å². The van der Waals surface area contributed by atoms with Crippen LogP contribution in [-0.4, -0.2) is 42.1 Å². The number of aliphatic carboxylic acids is 1. The number of methoxy groups -OCH3 is 1. The Hall–Kier alpha value is -2.66. The van der Waals surface area contributed by atoms with Crippen LogP contribution in [0.2, 0.25) is 0 Å². The van der Waals surface area contributed by atoms with Crippen LogP contribution < -0.4 is 0 Å². The van der Waals surface area contributed by atoms with Crippen LogP contribution in [0.5, 0.6) is 0 Å². The molecule has 5 heteroatoms. The molecule has 0 heterocycles. The lowest BCUT2D eigenvalue weighted by Crippen LogP contribution is -2.38. The fraction of sp³-hybridized carbons (Fsp3) is 0.300. The molecule has 0 bridgehead atoms. The molecular formula is C20H23NO4. The summed E-state index contributed by atoms with van der Waals surface area (Å²) in [6.07, 6.45) is 0.809. The van der Waals surface area contributed by atoms with Crippen molar-refractivity contribution >= 4 is 11.9 Å². The number of hydrogen-bond donors (Lipinski definition) is 1. The van der Waals surface area contributed by atoms with E-state index in [1.807, 2.05) is 54.6 Å². The second kappa shape index (κ2) is 9.59. The number of benzene rings is 2. The number of nitrogens with zero attached hydrogens (tertiary/aromatic N) is 1. The fourth-order valence-corrected chi connectivity index (χ4v) is 2.65. The van der Waals surface area contributed by atoms with Gasteiger partial charge in [0.15, 0.2) is 0 Å². The minimum atomic E-state index is -1.01. The first kappa shape index (κ1) is 18.7. The molecular weight excluding hydrogens is 318 g/mol. The van der Waals surface area contributed by atoms with Gasteiger partial charge in [0.2, 0.25) is 5.91 Å². The first-order chi connectivity index (χ1) is 12.1. The molecule has 0 aliphatic rings. The van der Waals surface area contributed by atoms with E-state index in [4.69, 9.17) is 9.84 Å². The fourth-order valence-electron chi connectivity index (χ4n) is 2.65. The van der Waals surface area contributed by atoms with Gasteiger partial charge in [-0.1, -0.05) is 54.6 Å². The van der Waals surface area contributed by atoms with Gasteiger partial charge in [-0.25, -0.2) is 0 Å². The van der Waals surface area contributed by atoms with Crippen LogP contribution in [-0.2, 0) is 33.8 Å². The van der Waals surface area contributed by atoms with Gasteiger partial charge in [-0.2, -0.15) is 0 Å². The Labute approximate surface area is 147 Å². The van der Waals surface area contributed by atoms with E-state index >= 15 is 0 Å². The Morgan fingerprint density at radius 3 is 2.36 bits per heavy atom. The maximum atomic E-state index is 12.6. The zero-order chi connectivity index (χ0) is 18.1. The molecule has 0 aliphatic heterocycles. The first-order valence-corrected chi connectivity index (χ1v) is 8.18. The second-order valence-corrected chi connectivity index (χ2v) is 5.87. The normalized spacial score (nSPS) is 10.4. The SMILES string of the molecule is COCc1cccc(CC(=O)N(CCc2ccccc2)CC(=O)O)c1. The highest BCUT2D eigenvalue weighted by molar-refractivity contribution is 5.83. The van der Waals surface area contributed by atoms with E-state index in [0.29, 0.717) is 19.6 Å². The zero-order valence-electron chi connectivity index (χ0n) is 14.4. The Bertz CT molecular complexity index is 700. The first-order valence-electron chi connectivity index (χ1n) is 8.18. The molecule has 2 aromatic carbocycles. The summed E-state index contributed by atoms with van der Waals surface area (Å²) in [7, 11) is 1.62. The molecule has 0 saturated carbocycles.